The minimum Gasteiger partial charge on any atom is -0.461 e. The van der Waals surface area contributed by atoms with Crippen LogP contribution in [0.3, 0.4) is 0 Å². The number of rotatable bonds is 9. The lowest BCUT2D eigenvalue weighted by Crippen LogP contribution is -2.23. The molecule has 1 heterocycles. The van der Waals surface area contributed by atoms with Crippen LogP contribution in [0, 0.1) is 11.3 Å². The van der Waals surface area contributed by atoms with Crippen LogP contribution in [0.1, 0.15) is 11.1 Å². The van der Waals surface area contributed by atoms with Gasteiger partial charge in [-0.05, 0) is 17.7 Å². The van der Waals surface area contributed by atoms with E-state index in [0.29, 0.717) is 23.2 Å². The van der Waals surface area contributed by atoms with Gasteiger partial charge in [-0.3, -0.25) is 14.4 Å². The highest BCUT2D eigenvalue weighted by Crippen LogP contribution is 2.25. The third-order valence-electron chi connectivity index (χ3n) is 3.40. The minimum atomic E-state index is -4.75. The molecule has 1 amide bonds. The Balaban J connectivity index is 2.16. The van der Waals surface area contributed by atoms with Crippen molar-refractivity contribution in [2.24, 2.45) is 0 Å². The number of carbonyl (C=O) groups is 1. The molecule has 0 saturated heterocycles. The summed E-state index contributed by atoms with van der Waals surface area (Å²) in [6, 6.07) is 8.49. The fraction of sp³-hybridized carbons (Fsp3) is 0.294. The van der Waals surface area contributed by atoms with E-state index in [1.807, 2.05) is 6.07 Å². The van der Waals surface area contributed by atoms with Gasteiger partial charge in [-0.1, -0.05) is 12.1 Å². The van der Waals surface area contributed by atoms with E-state index in [9.17, 15) is 18.0 Å². The Kier molecular flexibility index (Phi) is 7.11. The molecular weight excluding hydrogens is 379 g/mol. The first kappa shape index (κ1) is 20.9. The van der Waals surface area contributed by atoms with Gasteiger partial charge in [-0.15, -0.1) is 13.2 Å². The first-order valence-corrected chi connectivity index (χ1v) is 7.95. The van der Waals surface area contributed by atoms with Crippen LogP contribution in [0.5, 0.6) is 6.01 Å². The monoisotopic (exact) mass is 395 g/mol. The largest absolute Gasteiger partial charge is 0.522 e. The second-order valence-corrected chi connectivity index (χ2v) is 5.33. The third kappa shape index (κ3) is 6.10. The summed E-state index contributed by atoms with van der Waals surface area (Å²) in [5.41, 5.74) is 1.53. The molecular formula is C17H16F3N5O3. The summed E-state index contributed by atoms with van der Waals surface area (Å²) in [5.74, 6) is 0.168. The van der Waals surface area contributed by atoms with E-state index in [-0.39, 0.29) is 18.4 Å². The van der Waals surface area contributed by atoms with Crippen molar-refractivity contribution in [3.8, 4) is 12.1 Å². The second-order valence-electron chi connectivity index (χ2n) is 5.33. The zero-order valence-electron chi connectivity index (χ0n) is 14.7. The van der Waals surface area contributed by atoms with Gasteiger partial charge in [0.15, 0.2) is 5.82 Å². The fourth-order valence-corrected chi connectivity index (χ4v) is 2.21. The van der Waals surface area contributed by atoms with Crippen molar-refractivity contribution in [1.82, 2.24) is 9.97 Å². The van der Waals surface area contributed by atoms with E-state index in [2.05, 4.69) is 20.0 Å². The SMILES string of the molecule is CNc1cnc(OCCOC(F)(F)F)nc1N(C=O)Cc1cccc(C#N)c1. The Hall–Kier alpha value is -3.39. The van der Waals surface area contributed by atoms with Crippen LogP contribution in [-0.2, 0) is 16.1 Å². The Morgan fingerprint density at radius 3 is 2.79 bits per heavy atom. The second kappa shape index (κ2) is 9.52. The number of aromatic nitrogens is 2. The number of nitriles is 1. The lowest BCUT2D eigenvalue weighted by atomic mass is 10.1. The number of nitrogens with zero attached hydrogens (tertiary/aromatic N) is 4. The van der Waals surface area contributed by atoms with E-state index in [0.717, 1.165) is 0 Å². The van der Waals surface area contributed by atoms with E-state index >= 15 is 0 Å². The third-order valence-corrected chi connectivity index (χ3v) is 3.40. The summed E-state index contributed by atoms with van der Waals surface area (Å²) in [7, 11) is 1.60. The lowest BCUT2D eigenvalue weighted by molar-refractivity contribution is -0.325. The summed E-state index contributed by atoms with van der Waals surface area (Å²) >= 11 is 0. The Bertz CT molecular complexity index is 855. The number of nitrogens with one attached hydrogen (secondary N) is 1. The maximum absolute atomic E-state index is 12.0. The molecule has 0 radical (unpaired) electrons. The van der Waals surface area contributed by atoms with Crippen LogP contribution >= 0.6 is 0 Å². The smallest absolute Gasteiger partial charge is 0.461 e. The summed E-state index contributed by atoms with van der Waals surface area (Å²) in [5, 5.41) is 11.8. The van der Waals surface area contributed by atoms with Crippen molar-refractivity contribution in [1.29, 1.82) is 5.26 Å². The molecule has 28 heavy (non-hydrogen) atoms. The molecule has 2 rings (SSSR count). The van der Waals surface area contributed by atoms with Gasteiger partial charge in [-0.25, -0.2) is 4.98 Å². The molecule has 0 atom stereocenters. The Morgan fingerprint density at radius 1 is 1.36 bits per heavy atom. The molecule has 148 valence electrons. The van der Waals surface area contributed by atoms with Crippen LogP contribution in [-0.4, -0.2) is 43.0 Å². The van der Waals surface area contributed by atoms with Crippen molar-refractivity contribution in [2.75, 3.05) is 30.5 Å². The van der Waals surface area contributed by atoms with Crippen LogP contribution in [0.4, 0.5) is 24.7 Å². The van der Waals surface area contributed by atoms with E-state index in [4.69, 9.17) is 10.00 Å². The highest BCUT2D eigenvalue weighted by molar-refractivity contribution is 5.80. The first-order chi connectivity index (χ1) is 13.4. The quantitative estimate of drug-likeness (QED) is 0.514. The zero-order valence-corrected chi connectivity index (χ0v) is 14.7. The van der Waals surface area contributed by atoms with Crippen molar-refractivity contribution in [2.45, 2.75) is 12.9 Å². The molecule has 0 spiro atoms. The van der Waals surface area contributed by atoms with Gasteiger partial charge in [0.05, 0.1) is 36.7 Å². The number of benzene rings is 1. The summed E-state index contributed by atoms with van der Waals surface area (Å²) in [4.78, 5) is 20.8. The lowest BCUT2D eigenvalue weighted by Gasteiger charge is -2.20. The van der Waals surface area contributed by atoms with Gasteiger partial charge in [-0.2, -0.15) is 10.2 Å². The number of ether oxygens (including phenoxy) is 2. The molecule has 1 aromatic carbocycles. The van der Waals surface area contributed by atoms with Crippen molar-refractivity contribution in [3.63, 3.8) is 0 Å². The van der Waals surface area contributed by atoms with Gasteiger partial charge in [0.2, 0.25) is 6.41 Å². The molecule has 0 unspecified atom stereocenters. The molecule has 0 aliphatic carbocycles. The molecule has 8 nitrogen and oxygen atoms in total. The van der Waals surface area contributed by atoms with Crippen LogP contribution in [0.15, 0.2) is 30.5 Å². The van der Waals surface area contributed by atoms with Gasteiger partial charge < -0.3 is 10.1 Å². The number of carbonyl (C=O) groups excluding carboxylic acids is 1. The van der Waals surface area contributed by atoms with E-state index < -0.39 is 19.6 Å². The predicted octanol–water partition coefficient (Wildman–Crippen LogP) is 2.47. The van der Waals surface area contributed by atoms with Gasteiger partial charge in [0.1, 0.15) is 6.61 Å². The molecule has 11 heteroatoms. The normalized spacial score (nSPS) is 10.8. The average molecular weight is 395 g/mol. The number of halogens is 3. The molecule has 1 N–H and O–H groups in total. The van der Waals surface area contributed by atoms with Crippen molar-refractivity contribution < 1.29 is 27.4 Å². The van der Waals surface area contributed by atoms with Crippen molar-refractivity contribution in [3.05, 3.63) is 41.6 Å². The molecule has 1 aromatic heterocycles. The summed E-state index contributed by atoms with van der Waals surface area (Å²) in [6.45, 7) is -1.04. The van der Waals surface area contributed by atoms with E-state index in [1.165, 1.54) is 11.1 Å². The number of alkyl halides is 3. The van der Waals surface area contributed by atoms with E-state index in [1.54, 1.807) is 31.3 Å². The first-order valence-electron chi connectivity index (χ1n) is 7.95. The molecule has 0 aliphatic heterocycles. The number of hydrogen-bond acceptors (Lipinski definition) is 7. The molecule has 0 saturated carbocycles. The molecule has 0 bridgehead atoms. The standard InChI is InChI=1S/C17H16F3N5O3/c1-22-14-9-23-16(27-5-6-28-17(18,19)20)24-15(14)25(11-26)10-13-4-2-3-12(7-13)8-21/h2-4,7,9,11,22H,5-6,10H2,1H3. The van der Waals surface area contributed by atoms with Crippen molar-refractivity contribution >= 4 is 17.9 Å². The molecule has 0 fully saturated rings. The van der Waals surface area contributed by atoms with Gasteiger partial charge in [0.25, 0.3) is 0 Å². The maximum Gasteiger partial charge on any atom is 0.522 e. The predicted molar refractivity (Wildman–Crippen MR) is 92.5 cm³/mol. The zero-order chi connectivity index (χ0) is 20.6. The number of hydrogen-bond donors (Lipinski definition) is 1. The van der Waals surface area contributed by atoms with Gasteiger partial charge in [0, 0.05) is 7.05 Å². The molecule has 0 aliphatic rings. The van der Waals surface area contributed by atoms with Crippen LogP contribution < -0.4 is 15.0 Å². The molecule has 2 aromatic rings. The average Bonchev–Trinajstić information content (AvgIpc) is 2.68. The Labute approximate surface area is 158 Å². The minimum absolute atomic E-state index is 0.112. The Morgan fingerprint density at radius 2 is 2.14 bits per heavy atom. The highest BCUT2D eigenvalue weighted by atomic mass is 19.4. The fourth-order valence-electron chi connectivity index (χ4n) is 2.21. The highest BCUT2D eigenvalue weighted by Gasteiger charge is 2.28. The topological polar surface area (TPSA) is 100 Å². The van der Waals surface area contributed by atoms with Crippen LogP contribution in [0.25, 0.3) is 0 Å². The maximum atomic E-state index is 12.0. The summed E-state index contributed by atoms with van der Waals surface area (Å²) < 4.78 is 44.6. The van der Waals surface area contributed by atoms with Gasteiger partial charge >= 0.3 is 12.4 Å². The van der Waals surface area contributed by atoms with Crippen LogP contribution in [0.2, 0.25) is 0 Å². The number of anilines is 2. The summed E-state index contributed by atoms with van der Waals surface area (Å²) in [6.07, 6.45) is -2.87. The number of amides is 1.